The summed E-state index contributed by atoms with van der Waals surface area (Å²) in [5.41, 5.74) is -0.642. The molecule has 1 fully saturated rings. The highest BCUT2D eigenvalue weighted by molar-refractivity contribution is 5.78. The van der Waals surface area contributed by atoms with Gasteiger partial charge in [-0.15, -0.1) is 0 Å². The van der Waals surface area contributed by atoms with Crippen LogP contribution in [0.1, 0.15) is 18.4 Å². The zero-order valence-electron chi connectivity index (χ0n) is 15.4. The van der Waals surface area contributed by atoms with Crippen LogP contribution in [0.5, 0.6) is 11.5 Å². The van der Waals surface area contributed by atoms with Gasteiger partial charge < -0.3 is 19.4 Å². The van der Waals surface area contributed by atoms with E-state index in [1.54, 1.807) is 12.0 Å². The lowest BCUT2D eigenvalue weighted by Crippen LogP contribution is -2.43. The molecule has 1 aliphatic rings. The fourth-order valence-corrected chi connectivity index (χ4v) is 3.09. The van der Waals surface area contributed by atoms with Crippen LogP contribution in [0.4, 0.5) is 0 Å². The van der Waals surface area contributed by atoms with Gasteiger partial charge in [0, 0.05) is 44.7 Å². The molecule has 1 amide bonds. The molecule has 1 saturated heterocycles. The molecule has 0 unspecified atom stereocenters. The zero-order valence-corrected chi connectivity index (χ0v) is 15.4. The Morgan fingerprint density at radius 1 is 1.15 bits per heavy atom. The van der Waals surface area contributed by atoms with Gasteiger partial charge in [0.25, 0.3) is 5.56 Å². The van der Waals surface area contributed by atoms with Crippen LogP contribution in [0.15, 0.2) is 40.1 Å². The van der Waals surface area contributed by atoms with Gasteiger partial charge in [0.2, 0.25) is 5.91 Å². The third-order valence-electron chi connectivity index (χ3n) is 4.75. The van der Waals surface area contributed by atoms with E-state index in [1.807, 2.05) is 24.3 Å². The van der Waals surface area contributed by atoms with E-state index in [0.29, 0.717) is 18.7 Å². The van der Waals surface area contributed by atoms with Gasteiger partial charge in [0.1, 0.15) is 17.6 Å². The highest BCUT2D eigenvalue weighted by Crippen LogP contribution is 2.22. The Morgan fingerprint density at radius 2 is 1.78 bits per heavy atom. The van der Waals surface area contributed by atoms with E-state index < -0.39 is 11.2 Å². The number of aromatic nitrogens is 2. The van der Waals surface area contributed by atoms with E-state index in [-0.39, 0.29) is 18.4 Å². The summed E-state index contributed by atoms with van der Waals surface area (Å²) in [5, 5.41) is 0. The van der Waals surface area contributed by atoms with Gasteiger partial charge in [-0.1, -0.05) is 0 Å². The lowest BCUT2D eigenvalue weighted by atomic mass is 10.1. The third kappa shape index (κ3) is 4.39. The molecule has 8 nitrogen and oxygen atoms in total. The minimum Gasteiger partial charge on any atom is -0.497 e. The maximum atomic E-state index is 12.5. The van der Waals surface area contributed by atoms with Crippen molar-refractivity contribution in [3.8, 4) is 11.5 Å². The predicted octanol–water partition coefficient (Wildman–Crippen LogP) is 0.695. The summed E-state index contributed by atoms with van der Waals surface area (Å²) in [6, 6.07) is 7.42. The van der Waals surface area contributed by atoms with Crippen molar-refractivity contribution in [2.45, 2.75) is 25.4 Å². The Labute approximate surface area is 156 Å². The Bertz CT molecular complexity index is 908. The van der Waals surface area contributed by atoms with Gasteiger partial charge in [-0.25, -0.2) is 4.79 Å². The number of amides is 1. The molecular weight excluding hydrogens is 350 g/mol. The van der Waals surface area contributed by atoms with Crippen molar-refractivity contribution >= 4 is 5.91 Å². The van der Waals surface area contributed by atoms with Crippen LogP contribution in [0.25, 0.3) is 0 Å². The van der Waals surface area contributed by atoms with E-state index in [9.17, 15) is 14.4 Å². The predicted molar refractivity (Wildman–Crippen MR) is 99.2 cm³/mol. The average Bonchev–Trinajstić information content (AvgIpc) is 2.69. The summed E-state index contributed by atoms with van der Waals surface area (Å²) in [7, 11) is 3.00. The normalized spacial score (nSPS) is 14.8. The van der Waals surface area contributed by atoms with E-state index >= 15 is 0 Å². The fraction of sp³-hybridized carbons (Fsp3) is 0.421. The van der Waals surface area contributed by atoms with Crippen LogP contribution in [-0.4, -0.2) is 46.7 Å². The Morgan fingerprint density at radius 3 is 2.41 bits per heavy atom. The number of carbonyl (C=O) groups excluding carboxylic acids is 1. The maximum Gasteiger partial charge on any atom is 0.328 e. The number of H-pyrrole nitrogens is 1. The quantitative estimate of drug-likeness (QED) is 0.833. The number of rotatable bonds is 5. The third-order valence-corrected chi connectivity index (χ3v) is 4.75. The summed E-state index contributed by atoms with van der Waals surface area (Å²) in [6.07, 6.45) is 2.79. The molecule has 0 aliphatic carbocycles. The Kier molecular flexibility index (Phi) is 5.63. The number of carbonyl (C=O) groups is 1. The van der Waals surface area contributed by atoms with Crippen molar-refractivity contribution in [3.63, 3.8) is 0 Å². The number of hydrogen-bond donors (Lipinski definition) is 1. The van der Waals surface area contributed by atoms with Crippen LogP contribution in [0.2, 0.25) is 0 Å². The van der Waals surface area contributed by atoms with Crippen molar-refractivity contribution in [2.24, 2.45) is 7.05 Å². The molecular formula is C19H23N3O5. The molecule has 3 rings (SSSR count). The average molecular weight is 373 g/mol. The number of aromatic amines is 1. The second-order valence-electron chi connectivity index (χ2n) is 6.53. The Hall–Kier alpha value is -3.03. The largest absolute Gasteiger partial charge is 0.497 e. The molecule has 1 aromatic heterocycles. The standard InChI is InChI=1S/C19H23N3O5/c1-21-18(24)13(12-20-19(21)25)11-17(23)22-9-7-16(8-10-22)27-15-5-3-14(26-2)4-6-15/h3-6,12,16H,7-11H2,1-2H3,(H,20,25). The van der Waals surface area contributed by atoms with E-state index in [1.165, 1.54) is 13.2 Å². The molecule has 0 saturated carbocycles. The van der Waals surface area contributed by atoms with Crippen molar-refractivity contribution in [1.82, 2.24) is 14.5 Å². The molecule has 0 bridgehead atoms. The first-order valence-electron chi connectivity index (χ1n) is 8.84. The van der Waals surface area contributed by atoms with Crippen molar-refractivity contribution in [2.75, 3.05) is 20.2 Å². The molecule has 144 valence electrons. The van der Waals surface area contributed by atoms with Crippen LogP contribution >= 0.6 is 0 Å². The zero-order chi connectivity index (χ0) is 19.4. The monoisotopic (exact) mass is 373 g/mol. The molecule has 1 aromatic carbocycles. The number of benzene rings is 1. The first kappa shape index (κ1) is 18.8. The molecule has 2 heterocycles. The smallest absolute Gasteiger partial charge is 0.328 e. The number of ether oxygens (including phenoxy) is 2. The number of piperidine rings is 1. The minimum atomic E-state index is -0.493. The van der Waals surface area contributed by atoms with Gasteiger partial charge in [-0.3, -0.25) is 14.2 Å². The van der Waals surface area contributed by atoms with Crippen molar-refractivity contribution < 1.29 is 14.3 Å². The van der Waals surface area contributed by atoms with E-state index in [0.717, 1.165) is 28.9 Å². The van der Waals surface area contributed by atoms with Gasteiger partial charge in [0.05, 0.1) is 13.5 Å². The van der Waals surface area contributed by atoms with E-state index in [4.69, 9.17) is 9.47 Å². The number of nitrogens with zero attached hydrogens (tertiary/aromatic N) is 2. The number of hydrogen-bond acceptors (Lipinski definition) is 5. The van der Waals surface area contributed by atoms with Gasteiger partial charge in [0.15, 0.2) is 0 Å². The first-order chi connectivity index (χ1) is 13.0. The highest BCUT2D eigenvalue weighted by Gasteiger charge is 2.24. The molecule has 0 spiro atoms. The van der Waals surface area contributed by atoms with Crippen LogP contribution in [0, 0.1) is 0 Å². The molecule has 0 atom stereocenters. The molecule has 8 heteroatoms. The van der Waals surface area contributed by atoms with Gasteiger partial charge in [-0.05, 0) is 24.3 Å². The number of methoxy groups -OCH3 is 1. The van der Waals surface area contributed by atoms with Gasteiger partial charge >= 0.3 is 5.69 Å². The topological polar surface area (TPSA) is 93.6 Å². The number of likely N-dealkylation sites (tertiary alicyclic amines) is 1. The summed E-state index contributed by atoms with van der Waals surface area (Å²) in [6.45, 7) is 1.15. The molecule has 1 N–H and O–H groups in total. The van der Waals surface area contributed by atoms with E-state index in [2.05, 4.69) is 4.98 Å². The lowest BCUT2D eigenvalue weighted by Gasteiger charge is -2.32. The van der Waals surface area contributed by atoms with Crippen molar-refractivity contribution in [3.05, 3.63) is 56.9 Å². The van der Waals surface area contributed by atoms with Crippen molar-refractivity contribution in [1.29, 1.82) is 0 Å². The molecule has 0 radical (unpaired) electrons. The number of nitrogens with one attached hydrogen (secondary N) is 1. The second-order valence-corrected chi connectivity index (χ2v) is 6.53. The minimum absolute atomic E-state index is 0.0204. The van der Waals surface area contributed by atoms with Crippen LogP contribution in [0.3, 0.4) is 0 Å². The summed E-state index contributed by atoms with van der Waals surface area (Å²) < 4.78 is 12.1. The summed E-state index contributed by atoms with van der Waals surface area (Å²) in [4.78, 5) is 40.1. The first-order valence-corrected chi connectivity index (χ1v) is 8.84. The second kappa shape index (κ2) is 8.11. The molecule has 1 aliphatic heterocycles. The fourth-order valence-electron chi connectivity index (χ4n) is 3.09. The van der Waals surface area contributed by atoms with Crippen LogP contribution in [-0.2, 0) is 18.3 Å². The lowest BCUT2D eigenvalue weighted by molar-refractivity contribution is -0.132. The summed E-state index contributed by atoms with van der Waals surface area (Å²) >= 11 is 0. The SMILES string of the molecule is COc1ccc(OC2CCN(C(=O)Cc3c[nH]c(=O)n(C)c3=O)CC2)cc1. The Balaban J connectivity index is 1.54. The molecule has 2 aromatic rings. The molecule has 27 heavy (non-hydrogen) atoms. The van der Waals surface area contributed by atoms with Crippen LogP contribution < -0.4 is 20.7 Å². The highest BCUT2D eigenvalue weighted by atomic mass is 16.5. The summed E-state index contributed by atoms with van der Waals surface area (Å²) in [5.74, 6) is 1.43. The van der Waals surface area contributed by atoms with Gasteiger partial charge in [-0.2, -0.15) is 0 Å². The maximum absolute atomic E-state index is 12.5.